The van der Waals surface area contributed by atoms with Crippen LogP contribution in [0.2, 0.25) is 0 Å². The number of nitrogens with zero attached hydrogens (tertiary/aromatic N) is 1. The average Bonchev–Trinajstić information content (AvgIpc) is 3.08. The Morgan fingerprint density at radius 2 is 1.77 bits per heavy atom. The molecule has 1 amide bonds. The van der Waals surface area contributed by atoms with Gasteiger partial charge in [0.25, 0.3) is 5.91 Å². The van der Waals surface area contributed by atoms with Crippen molar-refractivity contribution in [3.63, 3.8) is 0 Å². The Bertz CT molecular complexity index is 787. The Labute approximate surface area is 163 Å². The molecular formula is C18H18BrNO5S. The van der Waals surface area contributed by atoms with E-state index < -0.39 is 17.9 Å². The summed E-state index contributed by atoms with van der Waals surface area (Å²) in [5.41, 5.74) is 0.518. The molecule has 2 rings (SSSR count). The zero-order chi connectivity index (χ0) is 19.4. The summed E-state index contributed by atoms with van der Waals surface area (Å²) < 4.78 is 0.812. The quantitative estimate of drug-likeness (QED) is 0.558. The highest BCUT2D eigenvalue weighted by Gasteiger charge is 2.36. The number of ketones is 1. The van der Waals surface area contributed by atoms with Gasteiger partial charge in [-0.15, -0.1) is 0 Å². The minimum absolute atomic E-state index is 0.0152. The molecule has 1 aliphatic rings. The second kappa shape index (κ2) is 8.64. The van der Waals surface area contributed by atoms with Gasteiger partial charge >= 0.3 is 5.97 Å². The van der Waals surface area contributed by atoms with Crippen molar-refractivity contribution in [1.82, 2.24) is 4.90 Å². The molecule has 1 atom stereocenters. The van der Waals surface area contributed by atoms with Gasteiger partial charge in [-0.25, -0.2) is 4.79 Å². The van der Waals surface area contributed by atoms with Crippen molar-refractivity contribution in [3.05, 3.63) is 44.8 Å². The van der Waals surface area contributed by atoms with Crippen molar-refractivity contribution < 1.29 is 24.3 Å². The first kappa shape index (κ1) is 20.4. The third-order valence-electron chi connectivity index (χ3n) is 4.03. The van der Waals surface area contributed by atoms with Crippen LogP contribution >= 0.6 is 27.7 Å². The number of likely N-dealkylation sites (tertiary alicyclic amines) is 1. The number of carbonyl (C=O) groups is 4. The average molecular weight is 440 g/mol. The van der Waals surface area contributed by atoms with E-state index in [0.717, 1.165) is 4.47 Å². The maximum Gasteiger partial charge on any atom is 0.326 e. The number of carboxylic acid groups (broad SMARTS) is 1. The topological polar surface area (TPSA) is 91.8 Å². The first-order chi connectivity index (χ1) is 12.2. The molecule has 8 heteroatoms. The fraction of sp³-hybridized carbons (Fsp3) is 0.333. The maximum atomic E-state index is 12.9. The summed E-state index contributed by atoms with van der Waals surface area (Å²) in [7, 11) is 0. The highest BCUT2D eigenvalue weighted by Crippen LogP contribution is 2.29. The van der Waals surface area contributed by atoms with Crippen molar-refractivity contribution in [2.24, 2.45) is 0 Å². The van der Waals surface area contributed by atoms with E-state index in [1.807, 2.05) is 0 Å². The number of aliphatic carboxylic acids is 1. The Morgan fingerprint density at radius 1 is 1.15 bits per heavy atom. The van der Waals surface area contributed by atoms with Crippen molar-refractivity contribution in [2.75, 3.05) is 6.54 Å². The van der Waals surface area contributed by atoms with Crippen LogP contribution in [0.5, 0.6) is 0 Å². The first-order valence-electron chi connectivity index (χ1n) is 7.95. The maximum absolute atomic E-state index is 12.9. The highest BCUT2D eigenvalue weighted by molar-refractivity contribution is 9.10. The number of benzene rings is 1. The largest absolute Gasteiger partial charge is 0.480 e. The van der Waals surface area contributed by atoms with Crippen LogP contribution in [0.15, 0.2) is 39.2 Å². The summed E-state index contributed by atoms with van der Waals surface area (Å²) >= 11 is 3.96. The van der Waals surface area contributed by atoms with E-state index in [2.05, 4.69) is 15.9 Å². The summed E-state index contributed by atoms with van der Waals surface area (Å²) in [5, 5.41) is 8.95. The molecule has 0 saturated carbocycles. The zero-order valence-corrected chi connectivity index (χ0v) is 16.7. The Hall–Kier alpha value is -1.93. The van der Waals surface area contributed by atoms with E-state index in [4.69, 9.17) is 0 Å². The standard InChI is InChI=1S/C18H18BrNO5S/c1-10(15(22)12-5-7-13(19)8-6-12)16(26-11(2)21)17(23)20-9-3-4-14(20)18(24)25/h5-8,14H,3-4,9H2,1-2H3,(H,24,25)/b16-10+/t14-/m0/s1. The summed E-state index contributed by atoms with van der Waals surface area (Å²) in [6, 6.07) is 5.72. The molecule has 0 bridgehead atoms. The third-order valence-corrected chi connectivity index (χ3v) is 5.53. The van der Waals surface area contributed by atoms with Crippen molar-refractivity contribution in [3.8, 4) is 0 Å². The van der Waals surface area contributed by atoms with Crippen molar-refractivity contribution in [2.45, 2.75) is 32.7 Å². The van der Waals surface area contributed by atoms with E-state index in [0.29, 0.717) is 30.2 Å². The Morgan fingerprint density at radius 3 is 2.31 bits per heavy atom. The fourth-order valence-corrected chi connectivity index (χ4v) is 3.74. The van der Waals surface area contributed by atoms with Crippen molar-refractivity contribution >= 4 is 50.5 Å². The molecule has 0 aromatic heterocycles. The Balaban J connectivity index is 2.41. The lowest BCUT2D eigenvalue weighted by Crippen LogP contribution is -2.41. The van der Waals surface area contributed by atoms with Crippen LogP contribution in [-0.4, -0.2) is 45.4 Å². The molecule has 6 nitrogen and oxygen atoms in total. The Kier molecular flexibility index (Phi) is 6.77. The summed E-state index contributed by atoms with van der Waals surface area (Å²) in [5.74, 6) is -2.04. The minimum atomic E-state index is -1.08. The van der Waals surface area contributed by atoms with E-state index >= 15 is 0 Å². The number of hydrogen-bond donors (Lipinski definition) is 1. The monoisotopic (exact) mass is 439 g/mol. The smallest absolute Gasteiger partial charge is 0.326 e. The number of Topliss-reactive ketones (excluding diaryl/α,β-unsaturated/α-hetero) is 1. The van der Waals surface area contributed by atoms with Gasteiger partial charge in [-0.05, 0) is 55.8 Å². The number of hydrogen-bond acceptors (Lipinski definition) is 5. The van der Waals surface area contributed by atoms with Crippen LogP contribution in [0, 0.1) is 0 Å². The van der Waals surface area contributed by atoms with Gasteiger partial charge in [-0.3, -0.25) is 14.4 Å². The number of thioether (sulfide) groups is 1. The highest BCUT2D eigenvalue weighted by atomic mass is 79.9. The molecule has 1 aliphatic heterocycles. The second-order valence-corrected chi connectivity index (χ2v) is 7.98. The lowest BCUT2D eigenvalue weighted by atomic mass is 10.0. The van der Waals surface area contributed by atoms with Gasteiger partial charge in [0.15, 0.2) is 10.9 Å². The molecule has 1 saturated heterocycles. The fourth-order valence-electron chi connectivity index (χ4n) is 2.74. The predicted molar refractivity (Wildman–Crippen MR) is 102 cm³/mol. The number of rotatable bonds is 5. The van der Waals surface area contributed by atoms with Gasteiger partial charge in [0, 0.05) is 29.1 Å². The SMILES string of the molecule is CC(=O)S/C(C(=O)N1CCC[C@H]1C(=O)O)=C(\C)C(=O)c1ccc(Br)cc1. The van der Waals surface area contributed by atoms with Gasteiger partial charge in [0.2, 0.25) is 0 Å². The number of halogens is 1. The van der Waals surface area contributed by atoms with Gasteiger partial charge in [-0.2, -0.15) is 0 Å². The molecule has 0 radical (unpaired) electrons. The molecule has 1 aromatic carbocycles. The van der Waals surface area contributed by atoms with Gasteiger partial charge in [-0.1, -0.05) is 15.9 Å². The van der Waals surface area contributed by atoms with Crippen LogP contribution in [0.3, 0.4) is 0 Å². The van der Waals surface area contributed by atoms with Crippen LogP contribution in [0.1, 0.15) is 37.0 Å². The zero-order valence-electron chi connectivity index (χ0n) is 14.3. The number of allylic oxidation sites excluding steroid dienone is 1. The van der Waals surface area contributed by atoms with Crippen LogP contribution in [0.25, 0.3) is 0 Å². The third kappa shape index (κ3) is 4.62. The molecular weight excluding hydrogens is 422 g/mol. The summed E-state index contributed by atoms with van der Waals surface area (Å²) in [6.45, 7) is 3.07. The molecule has 26 heavy (non-hydrogen) atoms. The lowest BCUT2D eigenvalue weighted by Gasteiger charge is -2.23. The first-order valence-corrected chi connectivity index (χ1v) is 9.56. The van der Waals surface area contributed by atoms with Gasteiger partial charge in [0.1, 0.15) is 6.04 Å². The second-order valence-electron chi connectivity index (χ2n) is 5.88. The van der Waals surface area contributed by atoms with E-state index in [1.165, 1.54) is 18.7 Å². The van der Waals surface area contributed by atoms with Gasteiger partial charge < -0.3 is 10.0 Å². The number of amides is 1. The van der Waals surface area contributed by atoms with E-state index in [-0.39, 0.29) is 27.9 Å². The van der Waals surface area contributed by atoms with Crippen LogP contribution in [0.4, 0.5) is 0 Å². The van der Waals surface area contributed by atoms with E-state index in [1.54, 1.807) is 24.3 Å². The summed E-state index contributed by atoms with van der Waals surface area (Å²) in [6.07, 6.45) is 0.930. The number of carbonyl (C=O) groups excluding carboxylic acids is 3. The molecule has 0 unspecified atom stereocenters. The molecule has 1 fully saturated rings. The minimum Gasteiger partial charge on any atom is -0.480 e. The molecule has 0 spiro atoms. The molecule has 0 aliphatic carbocycles. The van der Waals surface area contributed by atoms with Crippen LogP contribution in [-0.2, 0) is 14.4 Å². The molecule has 138 valence electrons. The molecule has 1 N–H and O–H groups in total. The summed E-state index contributed by atoms with van der Waals surface area (Å²) in [4.78, 5) is 49.8. The lowest BCUT2D eigenvalue weighted by molar-refractivity contribution is -0.146. The normalized spacial score (nSPS) is 17.7. The van der Waals surface area contributed by atoms with Crippen LogP contribution < -0.4 is 0 Å². The number of carboxylic acids is 1. The van der Waals surface area contributed by atoms with Crippen molar-refractivity contribution in [1.29, 1.82) is 0 Å². The van der Waals surface area contributed by atoms with Gasteiger partial charge in [0.05, 0.1) is 4.91 Å². The van der Waals surface area contributed by atoms with E-state index in [9.17, 15) is 24.3 Å². The molecule has 1 heterocycles. The predicted octanol–water partition coefficient (Wildman–Crippen LogP) is 3.26. The molecule has 1 aromatic rings.